The van der Waals surface area contributed by atoms with Crippen molar-refractivity contribution in [1.29, 1.82) is 0 Å². The molecule has 106 valence electrons. The fraction of sp³-hybridized carbons (Fsp3) is 1.00. The quantitative estimate of drug-likeness (QED) is 0.831. The largest absolute Gasteiger partial charge is 0.405 e. The molecule has 18 heavy (non-hydrogen) atoms. The molecule has 1 heterocycles. The van der Waals surface area contributed by atoms with Gasteiger partial charge in [0, 0.05) is 12.6 Å². The van der Waals surface area contributed by atoms with Gasteiger partial charge in [-0.2, -0.15) is 13.2 Å². The Bertz CT molecular complexity index is 278. The molecule has 4 atom stereocenters. The van der Waals surface area contributed by atoms with Gasteiger partial charge in [-0.1, -0.05) is 19.3 Å². The number of alkyl halides is 3. The summed E-state index contributed by atoms with van der Waals surface area (Å²) < 4.78 is 39.2. The van der Waals surface area contributed by atoms with E-state index in [1.165, 1.54) is 26.2 Å². The van der Waals surface area contributed by atoms with Gasteiger partial charge in [-0.25, -0.2) is 0 Å². The minimum absolute atomic E-state index is 0.455. The summed E-state index contributed by atoms with van der Waals surface area (Å²) in [6.45, 7) is 2.59. The highest BCUT2D eigenvalue weighted by molar-refractivity contribution is 4.92. The Hall–Kier alpha value is -0.290. The number of hydrogen-bond donors (Lipinski definition) is 1. The van der Waals surface area contributed by atoms with Crippen LogP contribution in [0.25, 0.3) is 0 Å². The van der Waals surface area contributed by atoms with Gasteiger partial charge < -0.3 is 5.73 Å². The van der Waals surface area contributed by atoms with Gasteiger partial charge in [0.25, 0.3) is 0 Å². The van der Waals surface area contributed by atoms with Gasteiger partial charge in [0.1, 0.15) is 6.04 Å². The minimum atomic E-state index is -4.21. The van der Waals surface area contributed by atoms with Crippen molar-refractivity contribution in [3.8, 4) is 0 Å². The van der Waals surface area contributed by atoms with E-state index >= 15 is 0 Å². The predicted octanol–water partition coefficient (Wildman–Crippen LogP) is 2.78. The maximum Gasteiger partial charge on any atom is 0.405 e. The van der Waals surface area contributed by atoms with Crippen LogP contribution in [0.2, 0.25) is 0 Å². The number of likely N-dealkylation sites (tertiary alicyclic amines) is 1. The summed E-state index contributed by atoms with van der Waals surface area (Å²) in [5.74, 6) is 1.10. The van der Waals surface area contributed by atoms with Crippen molar-refractivity contribution in [3.05, 3.63) is 0 Å². The standard InChI is InChI=1S/C13H23F3N2/c1-9(17)12(13(14,15)16)18-7-6-10-4-2-3-5-11(10)8-18/h9-12H,2-8,17H2,1H3. The van der Waals surface area contributed by atoms with Crippen molar-refractivity contribution in [2.75, 3.05) is 13.1 Å². The first-order valence-corrected chi connectivity index (χ1v) is 6.96. The Labute approximate surface area is 107 Å². The van der Waals surface area contributed by atoms with E-state index in [0.717, 1.165) is 12.8 Å². The molecule has 5 heteroatoms. The third-order valence-electron chi connectivity index (χ3n) is 4.55. The van der Waals surface area contributed by atoms with Crippen LogP contribution in [0.15, 0.2) is 0 Å². The summed E-state index contributed by atoms with van der Waals surface area (Å²) in [6, 6.07) is -2.33. The molecule has 2 rings (SSSR count). The van der Waals surface area contributed by atoms with Crippen LogP contribution in [0, 0.1) is 11.8 Å². The van der Waals surface area contributed by atoms with Crippen LogP contribution in [0.1, 0.15) is 39.0 Å². The average Bonchev–Trinajstić information content (AvgIpc) is 2.26. The van der Waals surface area contributed by atoms with Crippen LogP contribution < -0.4 is 5.73 Å². The maximum atomic E-state index is 13.1. The van der Waals surface area contributed by atoms with Crippen molar-refractivity contribution < 1.29 is 13.2 Å². The van der Waals surface area contributed by atoms with E-state index in [4.69, 9.17) is 5.73 Å². The monoisotopic (exact) mass is 264 g/mol. The molecule has 1 saturated heterocycles. The zero-order chi connectivity index (χ0) is 13.3. The highest BCUT2D eigenvalue weighted by Gasteiger charge is 2.47. The van der Waals surface area contributed by atoms with Crippen LogP contribution in [0.3, 0.4) is 0 Å². The van der Waals surface area contributed by atoms with Crippen LogP contribution in [0.4, 0.5) is 13.2 Å². The second-order valence-electron chi connectivity index (χ2n) is 5.93. The second-order valence-corrected chi connectivity index (χ2v) is 5.93. The van der Waals surface area contributed by atoms with Gasteiger partial charge in [0.2, 0.25) is 0 Å². The second kappa shape index (κ2) is 5.37. The molecule has 0 spiro atoms. The molecule has 0 aromatic carbocycles. The minimum Gasteiger partial charge on any atom is -0.326 e. The average molecular weight is 264 g/mol. The molecule has 0 bridgehead atoms. The van der Waals surface area contributed by atoms with E-state index in [-0.39, 0.29) is 0 Å². The number of hydrogen-bond acceptors (Lipinski definition) is 2. The summed E-state index contributed by atoms with van der Waals surface area (Å²) in [5.41, 5.74) is 5.56. The van der Waals surface area contributed by atoms with E-state index < -0.39 is 18.3 Å². The Balaban J connectivity index is 2.04. The van der Waals surface area contributed by atoms with Gasteiger partial charge in [-0.15, -0.1) is 0 Å². The number of nitrogens with zero attached hydrogens (tertiary/aromatic N) is 1. The normalized spacial score (nSPS) is 33.8. The topological polar surface area (TPSA) is 29.3 Å². The molecule has 1 aliphatic heterocycles. The highest BCUT2D eigenvalue weighted by Crippen LogP contribution is 2.38. The zero-order valence-electron chi connectivity index (χ0n) is 10.9. The number of fused-ring (bicyclic) bond motifs is 1. The van der Waals surface area contributed by atoms with E-state index in [1.807, 2.05) is 0 Å². The van der Waals surface area contributed by atoms with Crippen molar-refractivity contribution in [2.45, 2.75) is 57.3 Å². The molecule has 0 radical (unpaired) electrons. The number of rotatable bonds is 2. The summed E-state index contributed by atoms with van der Waals surface area (Å²) in [4.78, 5) is 1.58. The van der Waals surface area contributed by atoms with Gasteiger partial charge >= 0.3 is 6.18 Å². The molecule has 0 aromatic heterocycles. The SMILES string of the molecule is CC(N)C(N1CCC2CCCCC2C1)C(F)(F)F. The molecule has 1 aliphatic carbocycles. The van der Waals surface area contributed by atoms with Crippen LogP contribution >= 0.6 is 0 Å². The molecule has 2 aliphatic rings. The molecule has 2 fully saturated rings. The molecule has 0 aromatic rings. The fourth-order valence-corrected chi connectivity index (χ4v) is 3.72. The van der Waals surface area contributed by atoms with Crippen molar-refractivity contribution in [2.24, 2.45) is 17.6 Å². The summed E-state index contributed by atoms with van der Waals surface area (Å²) in [7, 11) is 0. The lowest BCUT2D eigenvalue weighted by molar-refractivity contribution is -0.194. The van der Waals surface area contributed by atoms with Gasteiger partial charge in [0.15, 0.2) is 0 Å². The maximum absolute atomic E-state index is 13.1. The van der Waals surface area contributed by atoms with Gasteiger partial charge in [-0.3, -0.25) is 4.90 Å². The number of piperidine rings is 1. The first-order valence-electron chi connectivity index (χ1n) is 6.96. The Morgan fingerprint density at radius 1 is 1.11 bits per heavy atom. The third kappa shape index (κ3) is 2.99. The number of nitrogens with two attached hydrogens (primary N) is 1. The van der Waals surface area contributed by atoms with E-state index in [1.54, 1.807) is 4.90 Å². The molecule has 4 unspecified atom stereocenters. The lowest BCUT2D eigenvalue weighted by Gasteiger charge is -2.45. The first-order chi connectivity index (χ1) is 8.39. The van der Waals surface area contributed by atoms with Gasteiger partial charge in [-0.05, 0) is 38.1 Å². The predicted molar refractivity (Wildman–Crippen MR) is 65.1 cm³/mol. The molecule has 1 saturated carbocycles. The van der Waals surface area contributed by atoms with Crippen LogP contribution in [-0.2, 0) is 0 Å². The van der Waals surface area contributed by atoms with E-state index in [2.05, 4.69) is 0 Å². The molecule has 2 nitrogen and oxygen atoms in total. The molecule has 2 N–H and O–H groups in total. The van der Waals surface area contributed by atoms with Crippen LogP contribution in [-0.4, -0.2) is 36.2 Å². The van der Waals surface area contributed by atoms with E-state index in [9.17, 15) is 13.2 Å². The summed E-state index contributed by atoms with van der Waals surface area (Å²) >= 11 is 0. The number of halogens is 3. The van der Waals surface area contributed by atoms with Crippen molar-refractivity contribution >= 4 is 0 Å². The van der Waals surface area contributed by atoms with Crippen molar-refractivity contribution in [1.82, 2.24) is 4.90 Å². The molecular weight excluding hydrogens is 241 g/mol. The Morgan fingerprint density at radius 2 is 1.72 bits per heavy atom. The Kier molecular flexibility index (Phi) is 4.22. The zero-order valence-corrected chi connectivity index (χ0v) is 10.9. The first kappa shape index (κ1) is 14.1. The fourth-order valence-electron chi connectivity index (χ4n) is 3.72. The van der Waals surface area contributed by atoms with Crippen molar-refractivity contribution in [3.63, 3.8) is 0 Å². The van der Waals surface area contributed by atoms with E-state index in [0.29, 0.717) is 24.9 Å². The Morgan fingerprint density at radius 3 is 2.28 bits per heavy atom. The smallest absolute Gasteiger partial charge is 0.326 e. The lowest BCUT2D eigenvalue weighted by atomic mass is 9.74. The lowest BCUT2D eigenvalue weighted by Crippen LogP contribution is -2.58. The third-order valence-corrected chi connectivity index (χ3v) is 4.55. The van der Waals surface area contributed by atoms with Gasteiger partial charge in [0.05, 0.1) is 0 Å². The highest BCUT2D eigenvalue weighted by atomic mass is 19.4. The molecular formula is C13H23F3N2. The summed E-state index contributed by atoms with van der Waals surface area (Å²) in [6.07, 6.45) is 1.40. The molecule has 0 amide bonds. The van der Waals surface area contributed by atoms with Crippen LogP contribution in [0.5, 0.6) is 0 Å². The summed E-state index contributed by atoms with van der Waals surface area (Å²) in [5, 5.41) is 0.